The van der Waals surface area contributed by atoms with Crippen molar-refractivity contribution in [3.8, 4) is 0 Å². The summed E-state index contributed by atoms with van der Waals surface area (Å²) in [6.45, 7) is 5.60. The Morgan fingerprint density at radius 1 is 1.06 bits per heavy atom. The van der Waals surface area contributed by atoms with Crippen LogP contribution < -0.4 is 10.6 Å². The van der Waals surface area contributed by atoms with Crippen LogP contribution in [0.5, 0.6) is 0 Å². The topological polar surface area (TPSA) is 37.0 Å². The smallest absolute Gasteiger partial charge is 0.128 e. The fourth-order valence-corrected chi connectivity index (χ4v) is 1.92. The Hall–Kier alpha value is -1.25. The zero-order valence-corrected chi connectivity index (χ0v) is 12.0. The summed E-state index contributed by atoms with van der Waals surface area (Å²) in [5.74, 6) is 2.72. The van der Waals surface area contributed by atoms with Crippen LogP contribution in [-0.2, 0) is 0 Å². The summed E-state index contributed by atoms with van der Waals surface area (Å²) in [7, 11) is 1.89. The average molecular weight is 249 g/mol. The van der Waals surface area contributed by atoms with Gasteiger partial charge in [0.25, 0.3) is 0 Å². The van der Waals surface area contributed by atoms with Gasteiger partial charge in [-0.2, -0.15) is 0 Å². The van der Waals surface area contributed by atoms with E-state index in [9.17, 15) is 0 Å². The highest BCUT2D eigenvalue weighted by Gasteiger charge is 1.96. The maximum atomic E-state index is 4.43. The summed E-state index contributed by atoms with van der Waals surface area (Å²) in [5.41, 5.74) is 0. The molecule has 0 fully saturated rings. The number of nitrogens with one attached hydrogen (secondary N) is 2. The van der Waals surface area contributed by atoms with E-state index in [1.54, 1.807) is 0 Å². The van der Waals surface area contributed by atoms with Gasteiger partial charge in [0.1, 0.15) is 11.6 Å². The van der Waals surface area contributed by atoms with E-state index >= 15 is 0 Å². The van der Waals surface area contributed by atoms with Crippen molar-refractivity contribution in [2.24, 2.45) is 5.92 Å². The first kappa shape index (κ1) is 14.8. The average Bonchev–Trinajstić information content (AvgIpc) is 2.37. The summed E-state index contributed by atoms with van der Waals surface area (Å²) >= 11 is 0. The van der Waals surface area contributed by atoms with Gasteiger partial charge in [0.2, 0.25) is 0 Å². The summed E-state index contributed by atoms with van der Waals surface area (Å²) in [6.07, 6.45) is 6.61. The number of unbranched alkanes of at least 4 members (excludes halogenated alkanes) is 3. The first-order valence-corrected chi connectivity index (χ1v) is 7.11. The Morgan fingerprint density at radius 2 is 1.78 bits per heavy atom. The van der Waals surface area contributed by atoms with Crippen LogP contribution in [0.25, 0.3) is 0 Å². The Kier molecular flexibility index (Phi) is 7.23. The molecule has 0 radical (unpaired) electrons. The molecule has 1 aromatic heterocycles. The molecule has 18 heavy (non-hydrogen) atoms. The molecule has 0 atom stereocenters. The minimum absolute atomic E-state index is 0.844. The molecule has 3 heteroatoms. The zero-order valence-electron chi connectivity index (χ0n) is 12.0. The van der Waals surface area contributed by atoms with Gasteiger partial charge >= 0.3 is 0 Å². The van der Waals surface area contributed by atoms with Crippen LogP contribution in [-0.4, -0.2) is 18.6 Å². The molecule has 0 aliphatic heterocycles. The van der Waals surface area contributed by atoms with E-state index < -0.39 is 0 Å². The zero-order chi connectivity index (χ0) is 13.2. The predicted molar refractivity (Wildman–Crippen MR) is 80.2 cm³/mol. The predicted octanol–water partition coefficient (Wildman–Crippen LogP) is 4.14. The molecule has 0 bridgehead atoms. The molecule has 0 aliphatic carbocycles. The minimum Gasteiger partial charge on any atom is -0.373 e. The van der Waals surface area contributed by atoms with Crippen molar-refractivity contribution in [3.05, 3.63) is 18.2 Å². The molecule has 3 nitrogen and oxygen atoms in total. The number of aromatic nitrogens is 1. The Labute approximate surface area is 111 Å². The van der Waals surface area contributed by atoms with Gasteiger partial charge in [0, 0.05) is 13.6 Å². The second kappa shape index (κ2) is 8.78. The van der Waals surface area contributed by atoms with Crippen LogP contribution in [0.3, 0.4) is 0 Å². The van der Waals surface area contributed by atoms with Gasteiger partial charge in [-0.05, 0) is 24.5 Å². The van der Waals surface area contributed by atoms with Gasteiger partial charge in [0.15, 0.2) is 0 Å². The number of nitrogens with zero attached hydrogens (tertiary/aromatic N) is 1. The lowest BCUT2D eigenvalue weighted by atomic mass is 10.0. The van der Waals surface area contributed by atoms with Crippen LogP contribution in [0, 0.1) is 5.92 Å². The molecule has 0 saturated heterocycles. The second-order valence-electron chi connectivity index (χ2n) is 5.18. The highest BCUT2D eigenvalue weighted by molar-refractivity contribution is 5.44. The highest BCUT2D eigenvalue weighted by atomic mass is 15.0. The van der Waals surface area contributed by atoms with E-state index in [1.165, 1.54) is 32.1 Å². The van der Waals surface area contributed by atoms with Crippen molar-refractivity contribution in [1.29, 1.82) is 0 Å². The summed E-state index contributed by atoms with van der Waals surface area (Å²) in [4.78, 5) is 4.43. The molecule has 2 N–H and O–H groups in total. The van der Waals surface area contributed by atoms with Gasteiger partial charge in [-0.1, -0.05) is 45.6 Å². The van der Waals surface area contributed by atoms with Gasteiger partial charge < -0.3 is 10.6 Å². The van der Waals surface area contributed by atoms with Crippen molar-refractivity contribution in [3.63, 3.8) is 0 Å². The van der Waals surface area contributed by atoms with E-state index in [0.29, 0.717) is 0 Å². The molecule has 0 unspecified atom stereocenters. The lowest BCUT2D eigenvalue weighted by Gasteiger charge is -2.07. The van der Waals surface area contributed by atoms with Crippen molar-refractivity contribution >= 4 is 11.6 Å². The Balaban J connectivity index is 2.06. The van der Waals surface area contributed by atoms with Crippen molar-refractivity contribution in [1.82, 2.24) is 4.98 Å². The molecule has 1 rings (SSSR count). The maximum absolute atomic E-state index is 4.43. The molecule has 0 amide bonds. The van der Waals surface area contributed by atoms with Gasteiger partial charge in [-0.25, -0.2) is 4.98 Å². The monoisotopic (exact) mass is 249 g/mol. The largest absolute Gasteiger partial charge is 0.373 e. The number of hydrogen-bond donors (Lipinski definition) is 2. The molecule has 0 aliphatic rings. The Morgan fingerprint density at radius 3 is 2.50 bits per heavy atom. The number of hydrogen-bond acceptors (Lipinski definition) is 3. The van der Waals surface area contributed by atoms with Crippen LogP contribution >= 0.6 is 0 Å². The SMILES string of the molecule is CNc1cccc(NCCCCCCC(C)C)n1. The third-order valence-corrected chi connectivity index (χ3v) is 3.02. The first-order valence-electron chi connectivity index (χ1n) is 7.11. The van der Waals surface area contributed by atoms with Crippen LogP contribution in [0.1, 0.15) is 46.0 Å². The third kappa shape index (κ3) is 6.48. The quantitative estimate of drug-likeness (QED) is 0.646. The standard InChI is InChI=1S/C15H27N3/c1-13(2)9-6-4-5-7-12-17-15-11-8-10-14(16-3)18-15/h8,10-11,13H,4-7,9,12H2,1-3H3,(H2,16,17,18). The van der Waals surface area contributed by atoms with E-state index in [-0.39, 0.29) is 0 Å². The fraction of sp³-hybridized carbons (Fsp3) is 0.667. The van der Waals surface area contributed by atoms with Crippen molar-refractivity contribution < 1.29 is 0 Å². The minimum atomic E-state index is 0.844. The van der Waals surface area contributed by atoms with Gasteiger partial charge in [-0.3, -0.25) is 0 Å². The molecular weight excluding hydrogens is 222 g/mol. The molecule has 0 spiro atoms. The lowest BCUT2D eigenvalue weighted by molar-refractivity contribution is 0.523. The van der Waals surface area contributed by atoms with E-state index in [4.69, 9.17) is 0 Å². The molecule has 0 saturated carbocycles. The van der Waals surface area contributed by atoms with Crippen LogP contribution in [0.15, 0.2) is 18.2 Å². The lowest BCUT2D eigenvalue weighted by Crippen LogP contribution is -2.04. The number of anilines is 2. The van der Waals surface area contributed by atoms with E-state index in [0.717, 1.165) is 24.1 Å². The third-order valence-electron chi connectivity index (χ3n) is 3.02. The molecular formula is C15H27N3. The second-order valence-corrected chi connectivity index (χ2v) is 5.18. The van der Waals surface area contributed by atoms with Gasteiger partial charge in [0.05, 0.1) is 0 Å². The van der Waals surface area contributed by atoms with Gasteiger partial charge in [-0.15, -0.1) is 0 Å². The van der Waals surface area contributed by atoms with E-state index in [2.05, 4.69) is 29.5 Å². The maximum Gasteiger partial charge on any atom is 0.128 e. The first-order chi connectivity index (χ1) is 8.72. The number of rotatable bonds is 9. The van der Waals surface area contributed by atoms with E-state index in [1.807, 2.05) is 25.2 Å². The normalized spacial score (nSPS) is 10.7. The fourth-order valence-electron chi connectivity index (χ4n) is 1.92. The number of pyridine rings is 1. The van der Waals surface area contributed by atoms with Crippen molar-refractivity contribution in [2.45, 2.75) is 46.0 Å². The van der Waals surface area contributed by atoms with Crippen molar-refractivity contribution in [2.75, 3.05) is 24.2 Å². The molecule has 102 valence electrons. The molecule has 0 aromatic carbocycles. The summed E-state index contributed by atoms with van der Waals surface area (Å²) < 4.78 is 0. The highest BCUT2D eigenvalue weighted by Crippen LogP contribution is 2.11. The summed E-state index contributed by atoms with van der Waals surface area (Å²) in [6, 6.07) is 6.00. The molecule has 1 heterocycles. The summed E-state index contributed by atoms with van der Waals surface area (Å²) in [5, 5.41) is 6.41. The molecule has 1 aromatic rings. The Bertz CT molecular complexity index is 323. The van der Waals surface area contributed by atoms with Crippen LogP contribution in [0.2, 0.25) is 0 Å². The van der Waals surface area contributed by atoms with Crippen LogP contribution in [0.4, 0.5) is 11.6 Å².